The molecule has 1 aromatic heterocycles. The van der Waals surface area contributed by atoms with Gasteiger partial charge < -0.3 is 0 Å². The van der Waals surface area contributed by atoms with Crippen LogP contribution in [0.25, 0.3) is 17.2 Å². The van der Waals surface area contributed by atoms with E-state index in [1.165, 1.54) is 12.1 Å². The molecule has 23 heavy (non-hydrogen) atoms. The van der Waals surface area contributed by atoms with Gasteiger partial charge in [0.05, 0.1) is 5.56 Å². The fraction of sp³-hybridized carbons (Fsp3) is 0.211. The largest absolute Gasteiger partial charge is 0.416 e. The van der Waals surface area contributed by atoms with Crippen molar-refractivity contribution in [1.29, 1.82) is 0 Å². The number of allylic oxidation sites excluding steroid dienone is 2. The third-order valence-corrected chi connectivity index (χ3v) is 3.39. The van der Waals surface area contributed by atoms with Gasteiger partial charge in [0, 0.05) is 18.0 Å². The Hall–Kier alpha value is -2.36. The Morgan fingerprint density at radius 1 is 1.13 bits per heavy atom. The molecule has 4 heteroatoms. The van der Waals surface area contributed by atoms with Gasteiger partial charge in [0.25, 0.3) is 0 Å². The van der Waals surface area contributed by atoms with E-state index >= 15 is 0 Å². The molecule has 2 aromatic rings. The Balaban J connectivity index is 2.21. The second-order valence-corrected chi connectivity index (χ2v) is 5.32. The molecule has 1 nitrogen and oxygen atoms in total. The first-order valence-corrected chi connectivity index (χ1v) is 7.38. The van der Waals surface area contributed by atoms with E-state index in [-0.39, 0.29) is 0 Å². The van der Waals surface area contributed by atoms with Crippen LogP contribution in [0.5, 0.6) is 0 Å². The molecule has 0 saturated carbocycles. The molecule has 0 aliphatic heterocycles. The smallest absolute Gasteiger partial charge is 0.263 e. The molecule has 0 aliphatic rings. The number of aromatic nitrogens is 1. The molecule has 120 valence electrons. The van der Waals surface area contributed by atoms with Gasteiger partial charge >= 0.3 is 6.18 Å². The quantitative estimate of drug-likeness (QED) is 0.604. The minimum absolute atomic E-state index is 0.652. The van der Waals surface area contributed by atoms with Crippen molar-refractivity contribution in [3.63, 3.8) is 0 Å². The van der Waals surface area contributed by atoms with Crippen LogP contribution >= 0.6 is 0 Å². The van der Waals surface area contributed by atoms with Crippen LogP contribution < -0.4 is 0 Å². The van der Waals surface area contributed by atoms with E-state index in [1.54, 1.807) is 12.4 Å². The molecule has 0 atom stereocenters. The van der Waals surface area contributed by atoms with Crippen molar-refractivity contribution in [3.05, 3.63) is 72.1 Å². The van der Waals surface area contributed by atoms with Gasteiger partial charge in [-0.1, -0.05) is 49.8 Å². The summed E-state index contributed by atoms with van der Waals surface area (Å²) in [6.45, 7) is 6.05. The second-order valence-electron chi connectivity index (χ2n) is 5.32. The van der Waals surface area contributed by atoms with Crippen LogP contribution in [0.2, 0.25) is 0 Å². The molecular formula is C19H18F3N. The molecule has 0 N–H and O–H groups in total. The number of rotatable bonds is 5. The highest BCUT2D eigenvalue weighted by molar-refractivity contribution is 5.66. The van der Waals surface area contributed by atoms with Gasteiger partial charge in [0.2, 0.25) is 0 Å². The molecular weight excluding hydrogens is 299 g/mol. The number of halogens is 3. The van der Waals surface area contributed by atoms with Crippen LogP contribution in [0.1, 0.15) is 30.9 Å². The highest BCUT2D eigenvalue weighted by Crippen LogP contribution is 2.31. The summed E-state index contributed by atoms with van der Waals surface area (Å²) in [4.78, 5) is 4.15. The van der Waals surface area contributed by atoms with Gasteiger partial charge in [-0.05, 0) is 35.7 Å². The van der Waals surface area contributed by atoms with Gasteiger partial charge in [-0.2, -0.15) is 13.2 Å². The van der Waals surface area contributed by atoms with Crippen LogP contribution in [-0.4, -0.2) is 4.98 Å². The normalized spacial score (nSPS) is 11.8. The zero-order valence-corrected chi connectivity index (χ0v) is 12.9. The third-order valence-electron chi connectivity index (χ3n) is 3.39. The van der Waals surface area contributed by atoms with Crippen molar-refractivity contribution in [2.24, 2.45) is 0 Å². The standard InChI is InChI=1S/C19H18F3N/c1-3-4-14(2)5-6-15-11-17(13-23-12-15)16-7-9-18(10-8-16)19(20,21)22/h5-13H,2-4H2,1H3/b6-5+. The summed E-state index contributed by atoms with van der Waals surface area (Å²) in [6.07, 6.45) is 4.86. The Morgan fingerprint density at radius 2 is 1.83 bits per heavy atom. The maximum Gasteiger partial charge on any atom is 0.416 e. The summed E-state index contributed by atoms with van der Waals surface area (Å²) in [7, 11) is 0. The first-order chi connectivity index (χ1) is 10.9. The van der Waals surface area contributed by atoms with E-state index in [1.807, 2.05) is 18.2 Å². The van der Waals surface area contributed by atoms with E-state index in [0.29, 0.717) is 5.56 Å². The molecule has 0 saturated heterocycles. The van der Waals surface area contributed by atoms with Gasteiger partial charge in [-0.3, -0.25) is 4.98 Å². The topological polar surface area (TPSA) is 12.9 Å². The van der Waals surface area contributed by atoms with Crippen LogP contribution in [0.3, 0.4) is 0 Å². The number of hydrogen-bond acceptors (Lipinski definition) is 1. The molecule has 1 aromatic carbocycles. The Labute approximate surface area is 134 Å². The van der Waals surface area contributed by atoms with Crippen molar-refractivity contribution in [3.8, 4) is 11.1 Å². The summed E-state index contributed by atoms with van der Waals surface area (Å²) < 4.78 is 37.8. The van der Waals surface area contributed by atoms with E-state index in [4.69, 9.17) is 0 Å². The summed E-state index contributed by atoms with van der Waals surface area (Å²) in [6, 6.07) is 6.99. The maximum atomic E-state index is 12.6. The molecule has 0 amide bonds. The number of alkyl halides is 3. The monoisotopic (exact) mass is 317 g/mol. The van der Waals surface area contributed by atoms with Crippen LogP contribution in [-0.2, 0) is 6.18 Å². The molecule has 2 rings (SSSR count). The molecule has 0 unspecified atom stereocenters. The van der Waals surface area contributed by atoms with E-state index in [9.17, 15) is 13.2 Å². The van der Waals surface area contributed by atoms with Crippen LogP contribution in [0.4, 0.5) is 13.2 Å². The lowest BCUT2D eigenvalue weighted by Gasteiger charge is -2.08. The summed E-state index contributed by atoms with van der Waals surface area (Å²) in [5.41, 5.74) is 2.75. The van der Waals surface area contributed by atoms with Crippen molar-refractivity contribution in [2.75, 3.05) is 0 Å². The lowest BCUT2D eigenvalue weighted by atomic mass is 10.0. The van der Waals surface area contributed by atoms with Gasteiger partial charge in [-0.15, -0.1) is 0 Å². The molecule has 0 aliphatic carbocycles. The minimum Gasteiger partial charge on any atom is -0.263 e. The zero-order chi connectivity index (χ0) is 16.9. The van der Waals surface area contributed by atoms with Gasteiger partial charge in [-0.25, -0.2) is 0 Å². The first-order valence-electron chi connectivity index (χ1n) is 7.38. The van der Waals surface area contributed by atoms with Crippen molar-refractivity contribution in [2.45, 2.75) is 25.9 Å². The fourth-order valence-corrected chi connectivity index (χ4v) is 2.18. The number of benzene rings is 1. The van der Waals surface area contributed by atoms with Gasteiger partial charge in [0.1, 0.15) is 0 Å². The van der Waals surface area contributed by atoms with Crippen molar-refractivity contribution in [1.82, 2.24) is 4.98 Å². The second kappa shape index (κ2) is 7.27. The lowest BCUT2D eigenvalue weighted by Crippen LogP contribution is -2.03. The number of hydrogen-bond donors (Lipinski definition) is 0. The highest BCUT2D eigenvalue weighted by Gasteiger charge is 2.29. The predicted molar refractivity (Wildman–Crippen MR) is 87.8 cm³/mol. The molecule has 0 fully saturated rings. The highest BCUT2D eigenvalue weighted by atomic mass is 19.4. The predicted octanol–water partition coefficient (Wildman–Crippen LogP) is 6.14. The molecule has 0 bridgehead atoms. The van der Waals surface area contributed by atoms with E-state index in [2.05, 4.69) is 18.5 Å². The van der Waals surface area contributed by atoms with Crippen LogP contribution in [0.15, 0.2) is 61.0 Å². The fourth-order valence-electron chi connectivity index (χ4n) is 2.18. The summed E-state index contributed by atoms with van der Waals surface area (Å²) in [5, 5.41) is 0. The van der Waals surface area contributed by atoms with E-state index < -0.39 is 11.7 Å². The SMILES string of the molecule is C=C(/C=C/c1cncc(-c2ccc(C(F)(F)F)cc2)c1)CCC. The average Bonchev–Trinajstić information content (AvgIpc) is 2.53. The zero-order valence-electron chi connectivity index (χ0n) is 12.9. The number of pyridine rings is 1. The molecule has 0 radical (unpaired) electrons. The Bertz CT molecular complexity index is 697. The molecule has 0 spiro atoms. The Morgan fingerprint density at radius 3 is 2.43 bits per heavy atom. The van der Waals surface area contributed by atoms with E-state index in [0.717, 1.165) is 41.7 Å². The third kappa shape index (κ3) is 4.81. The van der Waals surface area contributed by atoms with Crippen molar-refractivity contribution < 1.29 is 13.2 Å². The summed E-state index contributed by atoms with van der Waals surface area (Å²) >= 11 is 0. The number of nitrogens with zero attached hydrogens (tertiary/aromatic N) is 1. The first kappa shape index (κ1) is 17.0. The Kier molecular flexibility index (Phi) is 5.37. The summed E-state index contributed by atoms with van der Waals surface area (Å²) in [5.74, 6) is 0. The minimum atomic E-state index is -4.32. The van der Waals surface area contributed by atoms with Gasteiger partial charge in [0.15, 0.2) is 0 Å². The average molecular weight is 317 g/mol. The van der Waals surface area contributed by atoms with Crippen LogP contribution in [0, 0.1) is 0 Å². The molecule has 1 heterocycles. The van der Waals surface area contributed by atoms with Crippen molar-refractivity contribution >= 4 is 6.08 Å². The lowest BCUT2D eigenvalue weighted by molar-refractivity contribution is -0.137. The maximum absolute atomic E-state index is 12.6.